The van der Waals surface area contributed by atoms with Crippen LogP contribution in [-0.2, 0) is 0 Å². The summed E-state index contributed by atoms with van der Waals surface area (Å²) in [5, 5.41) is 0.0144. The molecule has 0 radical (unpaired) electrons. The van der Waals surface area contributed by atoms with Gasteiger partial charge >= 0.3 is 0 Å². The SMILES string of the molecule is COc1cc(-n2c(N)nc3cc(Cl)c(F)cc32)ccc1Br. The van der Waals surface area contributed by atoms with Gasteiger partial charge in [0.05, 0.1) is 33.3 Å². The highest BCUT2D eigenvalue weighted by molar-refractivity contribution is 9.10. The van der Waals surface area contributed by atoms with Gasteiger partial charge in [0.2, 0.25) is 5.95 Å². The molecule has 0 amide bonds. The molecule has 4 nitrogen and oxygen atoms in total. The molecule has 2 aromatic carbocycles. The highest BCUT2D eigenvalue weighted by Gasteiger charge is 2.14. The van der Waals surface area contributed by atoms with Crippen LogP contribution in [0.1, 0.15) is 0 Å². The Kier molecular flexibility index (Phi) is 3.51. The zero-order valence-corrected chi connectivity index (χ0v) is 13.2. The van der Waals surface area contributed by atoms with Gasteiger partial charge in [0.25, 0.3) is 0 Å². The number of hydrogen-bond donors (Lipinski definition) is 1. The molecule has 7 heteroatoms. The van der Waals surface area contributed by atoms with Crippen LogP contribution in [0.15, 0.2) is 34.8 Å². The number of fused-ring (bicyclic) bond motifs is 1. The van der Waals surface area contributed by atoms with Crippen LogP contribution in [0.2, 0.25) is 5.02 Å². The molecule has 1 aromatic heterocycles. The maximum absolute atomic E-state index is 13.7. The van der Waals surface area contributed by atoms with Gasteiger partial charge in [-0.3, -0.25) is 4.57 Å². The number of halogens is 3. The van der Waals surface area contributed by atoms with Gasteiger partial charge in [-0.15, -0.1) is 0 Å². The van der Waals surface area contributed by atoms with Crippen LogP contribution in [0.25, 0.3) is 16.7 Å². The molecule has 108 valence electrons. The van der Waals surface area contributed by atoms with E-state index in [9.17, 15) is 4.39 Å². The smallest absolute Gasteiger partial charge is 0.205 e. The number of rotatable bonds is 2. The fraction of sp³-hybridized carbons (Fsp3) is 0.0714. The van der Waals surface area contributed by atoms with Gasteiger partial charge in [-0.1, -0.05) is 11.6 Å². The first-order chi connectivity index (χ1) is 10.0. The zero-order valence-electron chi connectivity index (χ0n) is 10.9. The molecule has 3 aromatic rings. The van der Waals surface area contributed by atoms with E-state index in [0.717, 1.165) is 10.2 Å². The predicted octanol–water partition coefficient (Wildman–Crippen LogP) is 4.17. The fourth-order valence-corrected chi connectivity index (χ4v) is 2.72. The van der Waals surface area contributed by atoms with Crippen molar-refractivity contribution < 1.29 is 9.13 Å². The number of anilines is 1. The minimum atomic E-state index is -0.519. The summed E-state index contributed by atoms with van der Waals surface area (Å²) in [4.78, 5) is 4.21. The molecule has 0 saturated heterocycles. The summed E-state index contributed by atoms with van der Waals surface area (Å²) < 4.78 is 21.4. The van der Waals surface area contributed by atoms with E-state index in [1.54, 1.807) is 17.7 Å². The van der Waals surface area contributed by atoms with Crippen molar-refractivity contribution in [3.05, 3.63) is 45.6 Å². The van der Waals surface area contributed by atoms with Crippen molar-refractivity contribution in [1.29, 1.82) is 0 Å². The number of nitrogens with zero attached hydrogens (tertiary/aromatic N) is 2. The molecule has 1 heterocycles. The van der Waals surface area contributed by atoms with Gasteiger partial charge in [-0.2, -0.15) is 0 Å². The van der Waals surface area contributed by atoms with Gasteiger partial charge in [-0.05, 0) is 34.1 Å². The topological polar surface area (TPSA) is 53.1 Å². The standard InChI is InChI=1S/C14H10BrClFN3O/c1-21-13-4-7(2-3-8(13)15)20-12-6-10(17)9(16)5-11(12)19-14(20)18/h2-6H,1H3,(H2,18,19). The van der Waals surface area contributed by atoms with Gasteiger partial charge in [0, 0.05) is 12.1 Å². The van der Waals surface area contributed by atoms with E-state index in [2.05, 4.69) is 20.9 Å². The third kappa shape index (κ3) is 2.34. The van der Waals surface area contributed by atoms with Gasteiger partial charge in [-0.25, -0.2) is 9.37 Å². The molecule has 0 atom stereocenters. The quantitative estimate of drug-likeness (QED) is 0.736. The first-order valence-corrected chi connectivity index (χ1v) is 7.15. The Morgan fingerprint density at radius 2 is 2.10 bits per heavy atom. The van der Waals surface area contributed by atoms with Crippen LogP contribution in [0.4, 0.5) is 10.3 Å². The summed E-state index contributed by atoms with van der Waals surface area (Å²) >= 11 is 9.16. The molecule has 0 saturated carbocycles. The summed E-state index contributed by atoms with van der Waals surface area (Å²) in [6.07, 6.45) is 0. The van der Waals surface area contributed by atoms with E-state index in [4.69, 9.17) is 22.1 Å². The highest BCUT2D eigenvalue weighted by Crippen LogP contribution is 2.31. The fourth-order valence-electron chi connectivity index (χ4n) is 2.15. The largest absolute Gasteiger partial charge is 0.495 e. The number of benzene rings is 2. The van der Waals surface area contributed by atoms with Crippen molar-refractivity contribution in [2.24, 2.45) is 0 Å². The number of imidazole rings is 1. The second kappa shape index (κ2) is 5.20. The van der Waals surface area contributed by atoms with Crippen molar-refractivity contribution in [3.8, 4) is 11.4 Å². The van der Waals surface area contributed by atoms with E-state index in [-0.39, 0.29) is 11.0 Å². The molecule has 0 bridgehead atoms. The molecule has 0 aliphatic rings. The van der Waals surface area contributed by atoms with Crippen LogP contribution in [0, 0.1) is 5.82 Å². The van der Waals surface area contributed by atoms with Gasteiger partial charge < -0.3 is 10.5 Å². The molecule has 0 spiro atoms. The van der Waals surface area contributed by atoms with E-state index < -0.39 is 5.82 Å². The Labute approximate surface area is 133 Å². The molecule has 0 unspecified atom stereocenters. The van der Waals surface area contributed by atoms with Crippen molar-refractivity contribution >= 4 is 44.5 Å². The number of ether oxygens (including phenoxy) is 1. The number of methoxy groups -OCH3 is 1. The average Bonchev–Trinajstić information content (AvgIpc) is 2.75. The Bertz CT molecular complexity index is 850. The van der Waals surface area contributed by atoms with Crippen molar-refractivity contribution in [2.45, 2.75) is 0 Å². The zero-order chi connectivity index (χ0) is 15.1. The Morgan fingerprint density at radius 1 is 1.33 bits per heavy atom. The maximum Gasteiger partial charge on any atom is 0.205 e. The number of nitrogens with two attached hydrogens (primary N) is 1. The first-order valence-electron chi connectivity index (χ1n) is 5.98. The summed E-state index contributed by atoms with van der Waals surface area (Å²) in [6.45, 7) is 0. The molecule has 0 fully saturated rings. The number of aromatic nitrogens is 2. The number of nitrogen functional groups attached to an aromatic ring is 1. The van der Waals surface area contributed by atoms with Crippen LogP contribution in [0.3, 0.4) is 0 Å². The Morgan fingerprint density at radius 3 is 2.81 bits per heavy atom. The van der Waals surface area contributed by atoms with Crippen molar-refractivity contribution in [3.63, 3.8) is 0 Å². The van der Waals surface area contributed by atoms with Gasteiger partial charge in [0.1, 0.15) is 11.6 Å². The second-order valence-electron chi connectivity index (χ2n) is 4.38. The van der Waals surface area contributed by atoms with Crippen molar-refractivity contribution in [1.82, 2.24) is 9.55 Å². The van der Waals surface area contributed by atoms with Crippen molar-refractivity contribution in [2.75, 3.05) is 12.8 Å². The third-order valence-corrected chi connectivity index (χ3v) is 4.06. The first kappa shape index (κ1) is 14.2. The van der Waals surface area contributed by atoms with Crippen LogP contribution in [-0.4, -0.2) is 16.7 Å². The summed E-state index contributed by atoms with van der Waals surface area (Å²) in [5.41, 5.74) is 7.74. The lowest BCUT2D eigenvalue weighted by atomic mass is 10.2. The highest BCUT2D eigenvalue weighted by atomic mass is 79.9. The normalized spacial score (nSPS) is 11.0. The summed E-state index contributed by atoms with van der Waals surface area (Å²) in [7, 11) is 1.57. The van der Waals surface area contributed by atoms with Gasteiger partial charge in [0.15, 0.2) is 0 Å². The second-order valence-corrected chi connectivity index (χ2v) is 5.64. The maximum atomic E-state index is 13.7. The lowest BCUT2D eigenvalue weighted by Crippen LogP contribution is -2.01. The molecule has 2 N–H and O–H groups in total. The molecule has 3 rings (SSSR count). The summed E-state index contributed by atoms with van der Waals surface area (Å²) in [5.74, 6) is 0.369. The van der Waals surface area contributed by atoms with E-state index in [1.165, 1.54) is 12.1 Å². The van der Waals surface area contributed by atoms with Crippen LogP contribution in [0.5, 0.6) is 5.75 Å². The monoisotopic (exact) mass is 369 g/mol. The Balaban J connectivity index is 2.29. The van der Waals surface area contributed by atoms with E-state index >= 15 is 0 Å². The van der Waals surface area contributed by atoms with E-state index in [0.29, 0.717) is 16.8 Å². The minimum absolute atomic E-state index is 0.0144. The molecule has 0 aliphatic carbocycles. The molecular formula is C14H10BrClFN3O. The van der Waals surface area contributed by atoms with E-state index in [1.807, 2.05) is 12.1 Å². The minimum Gasteiger partial charge on any atom is -0.495 e. The average molecular weight is 371 g/mol. The van der Waals surface area contributed by atoms with Crippen LogP contribution >= 0.6 is 27.5 Å². The van der Waals surface area contributed by atoms with Crippen LogP contribution < -0.4 is 10.5 Å². The lowest BCUT2D eigenvalue weighted by Gasteiger charge is -2.10. The molecule has 21 heavy (non-hydrogen) atoms. The summed E-state index contributed by atoms with van der Waals surface area (Å²) in [6, 6.07) is 8.21. The molecular weight excluding hydrogens is 361 g/mol. The lowest BCUT2D eigenvalue weighted by molar-refractivity contribution is 0.412. The Hall–Kier alpha value is -1.79. The number of hydrogen-bond acceptors (Lipinski definition) is 3. The predicted molar refractivity (Wildman–Crippen MR) is 84.7 cm³/mol. The molecule has 0 aliphatic heterocycles. The third-order valence-electron chi connectivity index (χ3n) is 3.12.